The Morgan fingerprint density at radius 3 is 2.45 bits per heavy atom. The van der Waals surface area contributed by atoms with Gasteiger partial charge in [0.1, 0.15) is 23.9 Å². The van der Waals surface area contributed by atoms with E-state index < -0.39 is 5.91 Å². The standard InChI is InChI=1S/C25H33N3O5/c1-5-6-7-19-22(29)20(24(31)26-2)13-21(23(19)30)25(32)28-14-16-8-9-18(12-17(16)15-28)33-11-10-27(3)4/h8-9,12-13,29-30H,5-7,10-11,14-15H2,1-4H3,(H,26,31). The number of aromatic hydroxyl groups is 2. The number of likely N-dealkylation sites (N-methyl/N-ethyl adjacent to an activating group) is 1. The van der Waals surface area contributed by atoms with Gasteiger partial charge in [-0.15, -0.1) is 0 Å². The van der Waals surface area contributed by atoms with Crippen LogP contribution in [0, 0.1) is 0 Å². The number of carbonyl (C=O) groups is 2. The van der Waals surface area contributed by atoms with Crippen molar-refractivity contribution in [1.82, 2.24) is 15.1 Å². The van der Waals surface area contributed by atoms with Gasteiger partial charge in [-0.3, -0.25) is 9.59 Å². The van der Waals surface area contributed by atoms with Crippen LogP contribution in [0.1, 0.15) is 57.2 Å². The molecule has 3 rings (SSSR count). The van der Waals surface area contributed by atoms with Crippen LogP contribution in [-0.2, 0) is 19.5 Å². The molecular formula is C25H33N3O5. The van der Waals surface area contributed by atoms with Crippen molar-refractivity contribution in [3.63, 3.8) is 0 Å². The molecule has 0 saturated heterocycles. The minimum absolute atomic E-state index is 0.0157. The molecule has 0 aromatic heterocycles. The van der Waals surface area contributed by atoms with Crippen LogP contribution in [0.4, 0.5) is 0 Å². The number of phenolic OH excluding ortho intramolecular Hbond substituents is 2. The van der Waals surface area contributed by atoms with Gasteiger partial charge in [0.05, 0.1) is 11.1 Å². The summed E-state index contributed by atoms with van der Waals surface area (Å²) < 4.78 is 5.81. The van der Waals surface area contributed by atoms with Gasteiger partial charge in [-0.2, -0.15) is 0 Å². The predicted octanol–water partition coefficient (Wildman–Crippen LogP) is 2.90. The van der Waals surface area contributed by atoms with E-state index in [9.17, 15) is 19.8 Å². The lowest BCUT2D eigenvalue weighted by Gasteiger charge is -2.19. The Balaban J connectivity index is 1.85. The number of rotatable bonds is 9. The van der Waals surface area contributed by atoms with Crippen LogP contribution in [0.2, 0.25) is 0 Å². The molecule has 178 valence electrons. The van der Waals surface area contributed by atoms with E-state index in [4.69, 9.17) is 4.74 Å². The Labute approximate surface area is 194 Å². The van der Waals surface area contributed by atoms with Gasteiger partial charge in [-0.1, -0.05) is 19.4 Å². The molecule has 1 aliphatic rings. The fourth-order valence-electron chi connectivity index (χ4n) is 3.90. The van der Waals surface area contributed by atoms with Crippen molar-refractivity contribution in [3.8, 4) is 17.2 Å². The lowest BCUT2D eigenvalue weighted by atomic mass is 9.97. The van der Waals surface area contributed by atoms with E-state index in [1.807, 2.05) is 44.1 Å². The highest BCUT2D eigenvalue weighted by molar-refractivity contribution is 6.04. The molecule has 0 unspecified atom stereocenters. The fourth-order valence-corrected chi connectivity index (χ4v) is 3.90. The second-order valence-electron chi connectivity index (χ2n) is 8.57. The number of nitrogens with zero attached hydrogens (tertiary/aromatic N) is 2. The maximum Gasteiger partial charge on any atom is 0.258 e. The summed E-state index contributed by atoms with van der Waals surface area (Å²) in [6.45, 7) is 4.13. The molecule has 1 aliphatic heterocycles. The van der Waals surface area contributed by atoms with E-state index in [1.54, 1.807) is 4.90 Å². The van der Waals surface area contributed by atoms with Crippen molar-refractivity contribution in [2.75, 3.05) is 34.3 Å². The fraction of sp³-hybridized carbons (Fsp3) is 0.440. The van der Waals surface area contributed by atoms with E-state index in [1.165, 1.54) is 13.1 Å². The van der Waals surface area contributed by atoms with Gasteiger partial charge in [-0.25, -0.2) is 0 Å². The molecule has 2 aromatic carbocycles. The van der Waals surface area contributed by atoms with Crippen LogP contribution in [-0.4, -0.2) is 66.1 Å². The molecule has 0 fully saturated rings. The molecule has 3 N–H and O–H groups in total. The minimum atomic E-state index is -0.511. The molecule has 0 saturated carbocycles. The lowest BCUT2D eigenvalue weighted by Crippen LogP contribution is -2.26. The van der Waals surface area contributed by atoms with E-state index in [0.717, 1.165) is 29.8 Å². The Morgan fingerprint density at radius 1 is 1.09 bits per heavy atom. The summed E-state index contributed by atoms with van der Waals surface area (Å²) in [5.74, 6) is -0.685. The number of phenols is 2. The quantitative estimate of drug-likeness (QED) is 0.537. The number of hydrogen-bond acceptors (Lipinski definition) is 6. The Bertz CT molecular complexity index is 1040. The Kier molecular flexibility index (Phi) is 7.81. The number of benzene rings is 2. The first-order chi connectivity index (χ1) is 15.8. The number of amides is 2. The molecule has 0 spiro atoms. The second kappa shape index (κ2) is 10.6. The summed E-state index contributed by atoms with van der Waals surface area (Å²) in [7, 11) is 5.42. The third-order valence-electron chi connectivity index (χ3n) is 5.85. The number of carbonyl (C=O) groups excluding carboxylic acids is 2. The van der Waals surface area contributed by atoms with Gasteiger partial charge in [0.25, 0.3) is 11.8 Å². The highest BCUT2D eigenvalue weighted by Crippen LogP contribution is 2.37. The number of nitrogens with one attached hydrogen (secondary N) is 1. The van der Waals surface area contributed by atoms with Crippen LogP contribution in [0.25, 0.3) is 0 Å². The zero-order chi connectivity index (χ0) is 24.1. The molecule has 0 aliphatic carbocycles. The molecule has 2 amide bonds. The van der Waals surface area contributed by atoms with Gasteiger partial charge in [0.2, 0.25) is 0 Å². The zero-order valence-electron chi connectivity index (χ0n) is 19.8. The molecule has 0 radical (unpaired) electrons. The first-order valence-electron chi connectivity index (χ1n) is 11.2. The lowest BCUT2D eigenvalue weighted by molar-refractivity contribution is 0.0748. The molecule has 0 atom stereocenters. The number of fused-ring (bicyclic) bond motifs is 1. The van der Waals surface area contributed by atoms with Crippen LogP contribution >= 0.6 is 0 Å². The highest BCUT2D eigenvalue weighted by atomic mass is 16.5. The van der Waals surface area contributed by atoms with Crippen molar-refractivity contribution in [1.29, 1.82) is 0 Å². The number of hydrogen-bond donors (Lipinski definition) is 3. The van der Waals surface area contributed by atoms with E-state index >= 15 is 0 Å². The van der Waals surface area contributed by atoms with Crippen molar-refractivity contribution in [3.05, 3.63) is 52.1 Å². The summed E-state index contributed by atoms with van der Waals surface area (Å²) in [6, 6.07) is 7.07. The second-order valence-corrected chi connectivity index (χ2v) is 8.57. The monoisotopic (exact) mass is 455 g/mol. The largest absolute Gasteiger partial charge is 0.507 e. The van der Waals surface area contributed by atoms with Crippen LogP contribution in [0.3, 0.4) is 0 Å². The van der Waals surface area contributed by atoms with E-state index in [2.05, 4.69) is 5.32 Å². The topological polar surface area (TPSA) is 102 Å². The third-order valence-corrected chi connectivity index (χ3v) is 5.85. The smallest absolute Gasteiger partial charge is 0.258 e. The number of ether oxygens (including phenoxy) is 1. The van der Waals surface area contributed by atoms with Crippen LogP contribution in [0.5, 0.6) is 17.2 Å². The number of unbranched alkanes of at least 4 members (excludes halogenated alkanes) is 1. The Hall–Kier alpha value is -3.26. The average molecular weight is 456 g/mol. The van der Waals surface area contributed by atoms with Crippen molar-refractivity contribution in [2.45, 2.75) is 39.3 Å². The minimum Gasteiger partial charge on any atom is -0.507 e. The van der Waals surface area contributed by atoms with Gasteiger partial charge in [0.15, 0.2) is 0 Å². The Morgan fingerprint density at radius 2 is 1.79 bits per heavy atom. The summed E-state index contributed by atoms with van der Waals surface area (Å²) in [5, 5.41) is 23.9. The third kappa shape index (κ3) is 5.39. The van der Waals surface area contributed by atoms with E-state index in [0.29, 0.717) is 32.5 Å². The highest BCUT2D eigenvalue weighted by Gasteiger charge is 2.30. The first kappa shape index (κ1) is 24.4. The maximum absolute atomic E-state index is 13.4. The molecule has 8 heteroatoms. The average Bonchev–Trinajstić information content (AvgIpc) is 3.21. The SMILES string of the molecule is CCCCc1c(O)c(C(=O)NC)cc(C(=O)N2Cc3ccc(OCCN(C)C)cc3C2)c1O. The summed E-state index contributed by atoms with van der Waals surface area (Å²) in [4.78, 5) is 29.4. The van der Waals surface area contributed by atoms with Crippen molar-refractivity contribution < 1.29 is 24.5 Å². The summed E-state index contributed by atoms with van der Waals surface area (Å²) in [5.41, 5.74) is 2.24. The van der Waals surface area contributed by atoms with Crippen molar-refractivity contribution >= 4 is 11.8 Å². The van der Waals surface area contributed by atoms with Gasteiger partial charge in [0, 0.05) is 32.2 Å². The summed E-state index contributed by atoms with van der Waals surface area (Å²) >= 11 is 0. The van der Waals surface area contributed by atoms with E-state index in [-0.39, 0.29) is 34.1 Å². The van der Waals surface area contributed by atoms with Gasteiger partial charge in [-0.05, 0) is 56.3 Å². The molecule has 33 heavy (non-hydrogen) atoms. The predicted molar refractivity (Wildman–Crippen MR) is 126 cm³/mol. The zero-order valence-corrected chi connectivity index (χ0v) is 19.8. The van der Waals surface area contributed by atoms with Crippen LogP contribution < -0.4 is 10.1 Å². The van der Waals surface area contributed by atoms with Gasteiger partial charge >= 0.3 is 0 Å². The first-order valence-corrected chi connectivity index (χ1v) is 11.2. The molecular weight excluding hydrogens is 422 g/mol. The summed E-state index contributed by atoms with van der Waals surface area (Å²) in [6.07, 6.45) is 1.91. The molecule has 0 bridgehead atoms. The van der Waals surface area contributed by atoms with Crippen molar-refractivity contribution in [2.24, 2.45) is 0 Å². The van der Waals surface area contributed by atoms with Crippen LogP contribution in [0.15, 0.2) is 24.3 Å². The normalized spacial score (nSPS) is 12.7. The maximum atomic E-state index is 13.4. The molecule has 2 aromatic rings. The molecule has 8 nitrogen and oxygen atoms in total. The molecule has 1 heterocycles. The van der Waals surface area contributed by atoms with Gasteiger partial charge < -0.3 is 30.1 Å².